The van der Waals surface area contributed by atoms with Crippen molar-refractivity contribution in [2.45, 2.75) is 19.4 Å². The molecule has 8 heteroatoms. The van der Waals surface area contributed by atoms with Gasteiger partial charge in [-0.2, -0.15) is 0 Å². The van der Waals surface area contributed by atoms with Crippen molar-refractivity contribution in [3.8, 4) is 11.1 Å². The normalized spacial score (nSPS) is 21.0. The number of imidazole rings is 1. The fraction of sp³-hybridized carbons (Fsp3) is 0.269. The first-order valence-corrected chi connectivity index (χ1v) is 12.6. The van der Waals surface area contributed by atoms with E-state index >= 15 is 0 Å². The number of aromatic nitrogens is 2. The highest BCUT2D eigenvalue weighted by Gasteiger charge is 2.54. The average Bonchev–Trinajstić information content (AvgIpc) is 3.13. The Bertz CT molecular complexity index is 1430. The molecular formula is C26H23ClN4O2S. The zero-order chi connectivity index (χ0) is 23.4. The fourth-order valence-electron chi connectivity index (χ4n) is 5.25. The molecule has 1 aliphatic heterocycles. The summed E-state index contributed by atoms with van der Waals surface area (Å²) in [5.74, 6) is 0.807. The van der Waals surface area contributed by atoms with Crippen molar-refractivity contribution >= 4 is 39.7 Å². The van der Waals surface area contributed by atoms with E-state index in [1.165, 1.54) is 11.3 Å². The van der Waals surface area contributed by atoms with Gasteiger partial charge in [-0.3, -0.25) is 14.0 Å². The van der Waals surface area contributed by atoms with Gasteiger partial charge in [-0.05, 0) is 54.5 Å². The van der Waals surface area contributed by atoms with Gasteiger partial charge in [0.15, 0.2) is 4.96 Å². The molecule has 6 nitrogen and oxygen atoms in total. The molecule has 2 aliphatic rings. The number of fused-ring (bicyclic) bond motifs is 2. The van der Waals surface area contributed by atoms with Crippen LogP contribution in [0.1, 0.15) is 33.0 Å². The third-order valence-corrected chi connectivity index (χ3v) is 7.97. The highest BCUT2D eigenvalue weighted by Crippen LogP contribution is 2.50. The highest BCUT2D eigenvalue weighted by atomic mass is 35.5. The number of carbonyl (C=O) groups excluding carboxylic acids is 2. The summed E-state index contributed by atoms with van der Waals surface area (Å²) in [6.07, 6.45) is 2.98. The lowest BCUT2D eigenvalue weighted by molar-refractivity contribution is 0.0695. The quantitative estimate of drug-likeness (QED) is 0.432. The van der Waals surface area contributed by atoms with Crippen molar-refractivity contribution < 1.29 is 9.59 Å². The summed E-state index contributed by atoms with van der Waals surface area (Å²) >= 11 is 7.72. The van der Waals surface area contributed by atoms with E-state index in [-0.39, 0.29) is 17.9 Å². The molecule has 34 heavy (non-hydrogen) atoms. The Morgan fingerprint density at radius 1 is 1.21 bits per heavy atom. The van der Waals surface area contributed by atoms with Crippen molar-refractivity contribution in [2.24, 2.45) is 11.8 Å². The van der Waals surface area contributed by atoms with Crippen molar-refractivity contribution in [2.75, 3.05) is 13.1 Å². The van der Waals surface area contributed by atoms with Gasteiger partial charge in [0.1, 0.15) is 5.69 Å². The number of halogens is 1. The van der Waals surface area contributed by atoms with E-state index in [9.17, 15) is 9.59 Å². The number of aryl methyl sites for hydroxylation is 1. The van der Waals surface area contributed by atoms with Crippen LogP contribution in [0.15, 0.2) is 60.1 Å². The van der Waals surface area contributed by atoms with E-state index in [1.54, 1.807) is 0 Å². The first-order chi connectivity index (χ1) is 16.5. The van der Waals surface area contributed by atoms with Crippen LogP contribution in [-0.2, 0) is 0 Å². The van der Waals surface area contributed by atoms with Crippen LogP contribution < -0.4 is 5.32 Å². The summed E-state index contributed by atoms with van der Waals surface area (Å²) in [6, 6.07) is 15.2. The van der Waals surface area contributed by atoms with Crippen LogP contribution in [0, 0.1) is 18.8 Å². The number of hydrogen-bond acceptors (Lipinski definition) is 4. The summed E-state index contributed by atoms with van der Waals surface area (Å²) < 4.78 is 1.83. The standard InChI is InChI=1S/C26H23ClN4O2S/c1-15-23(30-9-10-34-26(30)29-15)24(32)28-13-22-21-12-17(21)14-31(22)25(33)20-8-3-2-7-19(20)16-5-4-6-18(27)11-16/h2-11,17,21-22H,12-14H2,1H3,(H,28,32)/t17-,21-,22+/m0/s1. The number of amides is 2. The second-order valence-electron chi connectivity index (χ2n) is 9.05. The van der Waals surface area contributed by atoms with Gasteiger partial charge >= 0.3 is 0 Å². The number of thiazole rings is 1. The molecular weight excluding hydrogens is 468 g/mol. The van der Waals surface area contributed by atoms with Gasteiger partial charge in [0.25, 0.3) is 11.8 Å². The number of benzene rings is 2. The minimum Gasteiger partial charge on any atom is -0.349 e. The first kappa shape index (κ1) is 21.4. The molecule has 2 aromatic heterocycles. The maximum Gasteiger partial charge on any atom is 0.270 e. The van der Waals surface area contributed by atoms with Crippen LogP contribution in [-0.4, -0.2) is 45.2 Å². The van der Waals surface area contributed by atoms with Crippen LogP contribution in [0.3, 0.4) is 0 Å². The third-order valence-electron chi connectivity index (χ3n) is 6.98. The van der Waals surface area contributed by atoms with Crippen molar-refractivity contribution in [3.05, 3.63) is 82.1 Å². The van der Waals surface area contributed by atoms with Gasteiger partial charge < -0.3 is 10.2 Å². The van der Waals surface area contributed by atoms with Gasteiger partial charge in [0.05, 0.1) is 11.7 Å². The molecule has 3 heterocycles. The molecule has 0 radical (unpaired) electrons. The summed E-state index contributed by atoms with van der Waals surface area (Å²) in [7, 11) is 0. The summed E-state index contributed by atoms with van der Waals surface area (Å²) in [4.78, 5) is 34.0. The second-order valence-corrected chi connectivity index (χ2v) is 10.4. The van der Waals surface area contributed by atoms with E-state index in [0.717, 1.165) is 29.1 Å². The summed E-state index contributed by atoms with van der Waals surface area (Å²) in [6.45, 7) is 3.01. The van der Waals surface area contributed by atoms with Gasteiger partial charge in [-0.1, -0.05) is 41.9 Å². The lowest BCUT2D eigenvalue weighted by atomic mass is 9.98. The van der Waals surface area contributed by atoms with Crippen LogP contribution in [0.2, 0.25) is 5.02 Å². The Balaban J connectivity index is 1.24. The molecule has 0 unspecified atom stereocenters. The maximum atomic E-state index is 13.7. The lowest BCUT2D eigenvalue weighted by Crippen LogP contribution is -2.45. The molecule has 2 fully saturated rings. The predicted molar refractivity (Wildman–Crippen MR) is 133 cm³/mol. The van der Waals surface area contributed by atoms with Gasteiger partial charge in [-0.15, -0.1) is 11.3 Å². The van der Waals surface area contributed by atoms with E-state index in [0.29, 0.717) is 40.4 Å². The molecule has 3 atom stereocenters. The van der Waals surface area contributed by atoms with Crippen LogP contribution in [0.4, 0.5) is 0 Å². The molecule has 1 saturated carbocycles. The Kier molecular flexibility index (Phi) is 5.19. The van der Waals surface area contributed by atoms with Crippen LogP contribution in [0.25, 0.3) is 16.1 Å². The fourth-order valence-corrected chi connectivity index (χ4v) is 6.20. The largest absolute Gasteiger partial charge is 0.349 e. The molecule has 172 valence electrons. The molecule has 2 amide bonds. The molecule has 1 saturated heterocycles. The monoisotopic (exact) mass is 490 g/mol. The lowest BCUT2D eigenvalue weighted by Gasteiger charge is -2.28. The maximum absolute atomic E-state index is 13.7. The Morgan fingerprint density at radius 3 is 2.91 bits per heavy atom. The number of likely N-dealkylation sites (tertiary alicyclic amines) is 1. The van der Waals surface area contributed by atoms with Gasteiger partial charge in [0.2, 0.25) is 0 Å². The Labute approximate surface area is 206 Å². The summed E-state index contributed by atoms with van der Waals surface area (Å²) in [5.41, 5.74) is 3.72. The van der Waals surface area contributed by atoms with Crippen LogP contribution >= 0.6 is 22.9 Å². The van der Waals surface area contributed by atoms with Gasteiger partial charge in [-0.25, -0.2) is 4.98 Å². The number of carbonyl (C=O) groups is 2. The molecule has 2 aromatic carbocycles. The minimum absolute atomic E-state index is 0.00258. The number of hydrogen-bond donors (Lipinski definition) is 1. The van der Waals surface area contributed by atoms with Crippen molar-refractivity contribution in [1.82, 2.24) is 19.6 Å². The molecule has 4 aromatic rings. The number of rotatable bonds is 5. The minimum atomic E-state index is -0.153. The van der Waals surface area contributed by atoms with E-state index in [1.807, 2.05) is 76.3 Å². The van der Waals surface area contributed by atoms with E-state index in [2.05, 4.69) is 10.3 Å². The number of piperidine rings is 1. The van der Waals surface area contributed by atoms with Crippen molar-refractivity contribution in [1.29, 1.82) is 0 Å². The smallest absolute Gasteiger partial charge is 0.270 e. The SMILES string of the molecule is Cc1nc2sccn2c1C(=O)NC[C@@H]1[C@H]2C[C@H]2CN1C(=O)c1ccccc1-c1cccc(Cl)c1. The predicted octanol–water partition coefficient (Wildman–Crippen LogP) is 4.92. The van der Waals surface area contributed by atoms with Gasteiger partial charge in [0, 0.05) is 35.3 Å². The molecule has 0 spiro atoms. The molecule has 1 N–H and O–H groups in total. The Morgan fingerprint density at radius 2 is 2.06 bits per heavy atom. The molecule has 0 bridgehead atoms. The average molecular weight is 491 g/mol. The zero-order valence-electron chi connectivity index (χ0n) is 18.6. The topological polar surface area (TPSA) is 66.7 Å². The molecule has 6 rings (SSSR count). The van der Waals surface area contributed by atoms with E-state index in [4.69, 9.17) is 11.6 Å². The van der Waals surface area contributed by atoms with Crippen molar-refractivity contribution in [3.63, 3.8) is 0 Å². The summed E-state index contributed by atoms with van der Waals surface area (Å²) in [5, 5.41) is 5.65. The third kappa shape index (κ3) is 3.60. The van der Waals surface area contributed by atoms with E-state index < -0.39 is 0 Å². The zero-order valence-corrected chi connectivity index (χ0v) is 20.1. The first-order valence-electron chi connectivity index (χ1n) is 11.4. The Hall–Kier alpha value is -3.16. The van der Waals surface area contributed by atoms with Crippen LogP contribution in [0.5, 0.6) is 0 Å². The number of nitrogens with one attached hydrogen (secondary N) is 1. The molecule has 1 aliphatic carbocycles. The number of nitrogens with zero attached hydrogens (tertiary/aromatic N) is 3. The second kappa shape index (κ2) is 8.25. The highest BCUT2D eigenvalue weighted by molar-refractivity contribution is 7.15.